The number of amides is 2. The Bertz CT molecular complexity index is 665. The van der Waals surface area contributed by atoms with E-state index in [2.05, 4.69) is 10.3 Å². The molecule has 5 nitrogen and oxygen atoms in total. The van der Waals surface area contributed by atoms with Gasteiger partial charge in [0.25, 0.3) is 11.8 Å². The van der Waals surface area contributed by atoms with Crippen LogP contribution in [0.2, 0.25) is 0 Å². The van der Waals surface area contributed by atoms with E-state index in [9.17, 15) is 9.59 Å². The van der Waals surface area contributed by atoms with E-state index in [1.807, 2.05) is 30.3 Å². The minimum Gasteiger partial charge on any atom is -0.396 e. The summed E-state index contributed by atoms with van der Waals surface area (Å²) in [7, 11) is 0. The molecule has 0 radical (unpaired) electrons. The largest absolute Gasteiger partial charge is 0.396 e. The zero-order valence-electron chi connectivity index (χ0n) is 9.31. The van der Waals surface area contributed by atoms with E-state index in [1.54, 1.807) is 0 Å². The van der Waals surface area contributed by atoms with Gasteiger partial charge in [-0.1, -0.05) is 30.3 Å². The molecule has 3 rings (SSSR count). The molecule has 1 aromatic carbocycles. The second-order valence-corrected chi connectivity index (χ2v) is 3.96. The van der Waals surface area contributed by atoms with Crippen molar-refractivity contribution in [1.82, 2.24) is 10.3 Å². The smallest absolute Gasteiger partial charge is 0.261 e. The van der Waals surface area contributed by atoms with E-state index in [1.165, 1.54) is 6.20 Å². The Morgan fingerprint density at radius 2 is 1.78 bits per heavy atom. The van der Waals surface area contributed by atoms with Gasteiger partial charge in [0, 0.05) is 11.8 Å². The molecule has 0 unspecified atom stereocenters. The standard InChI is InChI=1S/C13H9N3O2/c14-10-9-8(12(17)16-13(9)18)6-15-11(10)7-4-2-1-3-5-7/h1-6H,14H2,(H,16,17,18). The molecule has 18 heavy (non-hydrogen) atoms. The first-order chi connectivity index (χ1) is 8.68. The summed E-state index contributed by atoms with van der Waals surface area (Å²) in [5.74, 6) is -0.916. The predicted molar refractivity (Wildman–Crippen MR) is 65.9 cm³/mol. The van der Waals surface area contributed by atoms with Gasteiger partial charge < -0.3 is 5.73 Å². The highest BCUT2D eigenvalue weighted by Crippen LogP contribution is 2.30. The number of rotatable bonds is 1. The van der Waals surface area contributed by atoms with Crippen LogP contribution >= 0.6 is 0 Å². The van der Waals surface area contributed by atoms with Crippen molar-refractivity contribution >= 4 is 17.5 Å². The van der Waals surface area contributed by atoms with Crippen molar-refractivity contribution in [3.63, 3.8) is 0 Å². The average Bonchev–Trinajstić information content (AvgIpc) is 2.67. The van der Waals surface area contributed by atoms with Gasteiger partial charge in [-0.25, -0.2) is 0 Å². The maximum absolute atomic E-state index is 11.6. The van der Waals surface area contributed by atoms with Crippen LogP contribution in [0.1, 0.15) is 20.7 Å². The minimum atomic E-state index is -0.466. The van der Waals surface area contributed by atoms with Crippen LogP contribution in [-0.2, 0) is 0 Å². The average molecular weight is 239 g/mol. The Morgan fingerprint density at radius 3 is 2.50 bits per heavy atom. The number of nitrogen functional groups attached to an aromatic ring is 1. The van der Waals surface area contributed by atoms with Crippen LogP contribution in [0.3, 0.4) is 0 Å². The summed E-state index contributed by atoms with van der Waals surface area (Å²) in [5, 5.41) is 2.20. The first-order valence-corrected chi connectivity index (χ1v) is 5.38. The van der Waals surface area contributed by atoms with E-state index in [0.717, 1.165) is 5.56 Å². The number of anilines is 1. The summed E-state index contributed by atoms with van der Waals surface area (Å²) in [5.41, 5.74) is 7.96. The number of nitrogens with two attached hydrogens (primary N) is 1. The maximum Gasteiger partial charge on any atom is 0.261 e. The Balaban J connectivity index is 2.24. The van der Waals surface area contributed by atoms with Gasteiger partial charge in [0.05, 0.1) is 22.5 Å². The zero-order valence-corrected chi connectivity index (χ0v) is 9.31. The molecule has 2 amide bonds. The van der Waals surface area contributed by atoms with Crippen molar-refractivity contribution < 1.29 is 9.59 Å². The van der Waals surface area contributed by atoms with Gasteiger partial charge >= 0.3 is 0 Å². The SMILES string of the molecule is Nc1c(-c2ccccc2)ncc2c1C(=O)NC2=O. The summed E-state index contributed by atoms with van der Waals surface area (Å²) in [6.07, 6.45) is 1.38. The summed E-state index contributed by atoms with van der Waals surface area (Å²) in [6.45, 7) is 0. The Morgan fingerprint density at radius 1 is 1.06 bits per heavy atom. The molecule has 1 aliphatic heterocycles. The number of nitrogens with one attached hydrogen (secondary N) is 1. The van der Waals surface area contributed by atoms with E-state index in [-0.39, 0.29) is 16.8 Å². The monoisotopic (exact) mass is 239 g/mol. The van der Waals surface area contributed by atoms with E-state index in [0.29, 0.717) is 5.69 Å². The summed E-state index contributed by atoms with van der Waals surface area (Å²) in [6, 6.07) is 9.28. The molecule has 2 aromatic rings. The quantitative estimate of drug-likeness (QED) is 0.732. The number of nitrogens with zero attached hydrogens (tertiary/aromatic N) is 1. The zero-order chi connectivity index (χ0) is 12.7. The molecule has 0 aliphatic carbocycles. The van der Waals surface area contributed by atoms with Crippen molar-refractivity contribution in [3.8, 4) is 11.3 Å². The summed E-state index contributed by atoms with van der Waals surface area (Å²) >= 11 is 0. The molecule has 88 valence electrons. The number of benzene rings is 1. The third kappa shape index (κ3) is 1.37. The first-order valence-electron chi connectivity index (χ1n) is 5.38. The molecule has 0 saturated heterocycles. The predicted octanol–water partition coefficient (Wildman–Crippen LogP) is 1.21. The lowest BCUT2D eigenvalue weighted by atomic mass is 10.0. The first kappa shape index (κ1) is 10.5. The van der Waals surface area contributed by atoms with Crippen LogP contribution in [0.15, 0.2) is 36.5 Å². The molecule has 0 fully saturated rings. The van der Waals surface area contributed by atoms with Crippen molar-refractivity contribution in [2.24, 2.45) is 0 Å². The van der Waals surface area contributed by atoms with E-state index < -0.39 is 11.8 Å². The van der Waals surface area contributed by atoms with Crippen LogP contribution in [0, 0.1) is 0 Å². The number of hydrogen-bond donors (Lipinski definition) is 2. The van der Waals surface area contributed by atoms with Crippen molar-refractivity contribution in [2.75, 3.05) is 5.73 Å². The van der Waals surface area contributed by atoms with Gasteiger partial charge in [-0.3, -0.25) is 19.9 Å². The highest BCUT2D eigenvalue weighted by atomic mass is 16.2. The fourth-order valence-electron chi connectivity index (χ4n) is 2.00. The van der Waals surface area contributed by atoms with Crippen LogP contribution in [0.4, 0.5) is 5.69 Å². The van der Waals surface area contributed by atoms with E-state index in [4.69, 9.17) is 5.73 Å². The number of hydrogen-bond acceptors (Lipinski definition) is 4. The molecular formula is C13H9N3O2. The lowest BCUT2D eigenvalue weighted by Gasteiger charge is -2.07. The fourth-order valence-corrected chi connectivity index (χ4v) is 2.00. The molecule has 3 N–H and O–H groups in total. The molecule has 5 heteroatoms. The lowest BCUT2D eigenvalue weighted by molar-refractivity contribution is 0.0880. The Hall–Kier alpha value is -2.69. The van der Waals surface area contributed by atoms with Crippen LogP contribution in [-0.4, -0.2) is 16.8 Å². The Kier molecular flexibility index (Phi) is 2.13. The molecule has 2 heterocycles. The number of imide groups is 1. The molecule has 0 spiro atoms. The second-order valence-electron chi connectivity index (χ2n) is 3.96. The van der Waals surface area contributed by atoms with Crippen molar-refractivity contribution in [2.45, 2.75) is 0 Å². The number of carbonyl (C=O) groups excluding carboxylic acids is 2. The van der Waals surface area contributed by atoms with Gasteiger partial charge in [0.2, 0.25) is 0 Å². The highest BCUT2D eigenvalue weighted by molar-refractivity contribution is 6.24. The van der Waals surface area contributed by atoms with E-state index >= 15 is 0 Å². The van der Waals surface area contributed by atoms with Crippen molar-refractivity contribution in [1.29, 1.82) is 0 Å². The molecule has 0 saturated carbocycles. The molecular weight excluding hydrogens is 230 g/mol. The number of carbonyl (C=O) groups is 2. The van der Waals surface area contributed by atoms with Gasteiger partial charge in [-0.05, 0) is 0 Å². The highest BCUT2D eigenvalue weighted by Gasteiger charge is 2.30. The molecule has 1 aromatic heterocycles. The topological polar surface area (TPSA) is 85.1 Å². The van der Waals surface area contributed by atoms with Gasteiger partial charge in [0.15, 0.2) is 0 Å². The van der Waals surface area contributed by atoms with Crippen LogP contribution in [0.25, 0.3) is 11.3 Å². The third-order valence-electron chi connectivity index (χ3n) is 2.86. The molecule has 1 aliphatic rings. The van der Waals surface area contributed by atoms with Crippen molar-refractivity contribution in [3.05, 3.63) is 47.7 Å². The normalized spacial score (nSPS) is 13.3. The van der Waals surface area contributed by atoms with Gasteiger partial charge in [-0.15, -0.1) is 0 Å². The number of fused-ring (bicyclic) bond motifs is 1. The second kappa shape index (κ2) is 3.66. The van der Waals surface area contributed by atoms with Crippen LogP contribution < -0.4 is 11.1 Å². The van der Waals surface area contributed by atoms with Crippen LogP contribution in [0.5, 0.6) is 0 Å². The minimum absolute atomic E-state index is 0.217. The summed E-state index contributed by atoms with van der Waals surface area (Å²) in [4.78, 5) is 27.3. The molecule has 0 bridgehead atoms. The fraction of sp³-hybridized carbons (Fsp3) is 0. The Labute approximate surface area is 103 Å². The summed E-state index contributed by atoms with van der Waals surface area (Å²) < 4.78 is 0. The van der Waals surface area contributed by atoms with Gasteiger partial charge in [0.1, 0.15) is 0 Å². The number of pyridine rings is 1. The third-order valence-corrected chi connectivity index (χ3v) is 2.86. The maximum atomic E-state index is 11.6. The molecule has 0 atom stereocenters. The lowest BCUT2D eigenvalue weighted by Crippen LogP contribution is -2.20. The van der Waals surface area contributed by atoms with Gasteiger partial charge in [-0.2, -0.15) is 0 Å². The number of aromatic nitrogens is 1.